The monoisotopic (exact) mass is 365 g/mol. The zero-order valence-electron chi connectivity index (χ0n) is 14.8. The minimum absolute atomic E-state index is 0.128. The molecular formula is C18H21F2N3O3. The van der Waals surface area contributed by atoms with Crippen molar-refractivity contribution in [3.05, 3.63) is 41.6 Å². The number of carbonyl (C=O) groups excluding carboxylic acids is 1. The molecule has 1 aromatic carbocycles. The van der Waals surface area contributed by atoms with E-state index < -0.39 is 23.9 Å². The lowest BCUT2D eigenvalue weighted by Crippen LogP contribution is -2.45. The molecule has 3 rings (SSSR count). The van der Waals surface area contributed by atoms with Gasteiger partial charge >= 0.3 is 0 Å². The number of aliphatic hydroxyl groups excluding tert-OH is 1. The lowest BCUT2D eigenvalue weighted by atomic mass is 9.92. The molecule has 2 N–H and O–H groups in total. The number of carbonyl (C=O) groups is 1. The van der Waals surface area contributed by atoms with Gasteiger partial charge in [-0.25, -0.2) is 8.78 Å². The van der Waals surface area contributed by atoms with Gasteiger partial charge in [-0.05, 0) is 18.6 Å². The fraction of sp³-hybridized carbons (Fsp3) is 0.444. The highest BCUT2D eigenvalue weighted by Crippen LogP contribution is 2.32. The molecule has 0 radical (unpaired) electrons. The molecule has 1 amide bonds. The summed E-state index contributed by atoms with van der Waals surface area (Å²) >= 11 is 0. The molecule has 2 heterocycles. The van der Waals surface area contributed by atoms with Gasteiger partial charge in [-0.3, -0.25) is 4.79 Å². The van der Waals surface area contributed by atoms with Crippen LogP contribution in [0.4, 0.5) is 20.4 Å². The largest absolute Gasteiger partial charge is 0.371 e. The second kappa shape index (κ2) is 6.68. The minimum atomic E-state index is -1.23. The number of nitrogens with one attached hydrogen (secondary N) is 1. The maximum atomic E-state index is 14.1. The number of aromatic nitrogens is 1. The van der Waals surface area contributed by atoms with E-state index in [1.807, 2.05) is 20.8 Å². The Labute approximate surface area is 149 Å². The second-order valence-corrected chi connectivity index (χ2v) is 7.36. The van der Waals surface area contributed by atoms with Gasteiger partial charge in [0.25, 0.3) is 0 Å². The molecule has 0 spiro atoms. The van der Waals surface area contributed by atoms with Crippen molar-refractivity contribution in [1.82, 2.24) is 5.16 Å². The SMILES string of the molecule is CC(C)(C)c1cc(N[C@H](O)[C@@H]2CCC(=O)N2c2cccc(F)c2F)on1. The molecule has 1 aliphatic rings. The third-order valence-corrected chi connectivity index (χ3v) is 4.38. The van der Waals surface area contributed by atoms with Crippen molar-refractivity contribution >= 4 is 17.5 Å². The summed E-state index contributed by atoms with van der Waals surface area (Å²) < 4.78 is 32.8. The van der Waals surface area contributed by atoms with E-state index in [0.29, 0.717) is 12.1 Å². The molecule has 26 heavy (non-hydrogen) atoms. The molecule has 0 aliphatic carbocycles. The zero-order chi connectivity index (χ0) is 19.1. The van der Waals surface area contributed by atoms with Crippen molar-refractivity contribution in [1.29, 1.82) is 0 Å². The van der Waals surface area contributed by atoms with Crippen LogP contribution in [0.15, 0.2) is 28.8 Å². The van der Waals surface area contributed by atoms with Gasteiger partial charge in [0.1, 0.15) is 6.23 Å². The van der Waals surface area contributed by atoms with Gasteiger partial charge < -0.3 is 19.8 Å². The zero-order valence-corrected chi connectivity index (χ0v) is 14.8. The number of hydrogen-bond donors (Lipinski definition) is 2. The molecule has 140 valence electrons. The Kier molecular flexibility index (Phi) is 4.70. The van der Waals surface area contributed by atoms with Crippen LogP contribution in [-0.2, 0) is 10.2 Å². The molecule has 1 saturated heterocycles. The average Bonchev–Trinajstić information content (AvgIpc) is 3.17. The normalized spacial score (nSPS) is 19.1. The highest BCUT2D eigenvalue weighted by atomic mass is 19.2. The van der Waals surface area contributed by atoms with Gasteiger partial charge in [0.2, 0.25) is 11.8 Å². The predicted molar refractivity (Wildman–Crippen MR) is 91.7 cm³/mol. The fourth-order valence-electron chi connectivity index (χ4n) is 2.94. The first-order valence-corrected chi connectivity index (χ1v) is 8.36. The number of hydrogen-bond acceptors (Lipinski definition) is 5. The Balaban J connectivity index is 1.82. The Hall–Kier alpha value is -2.48. The highest BCUT2D eigenvalue weighted by Gasteiger charge is 2.39. The van der Waals surface area contributed by atoms with Crippen LogP contribution in [-0.4, -0.2) is 28.4 Å². The summed E-state index contributed by atoms with van der Waals surface area (Å²) in [5.74, 6) is -2.31. The number of benzene rings is 1. The lowest BCUT2D eigenvalue weighted by Gasteiger charge is -2.29. The van der Waals surface area contributed by atoms with Gasteiger partial charge in [0, 0.05) is 17.9 Å². The van der Waals surface area contributed by atoms with E-state index in [2.05, 4.69) is 10.5 Å². The van der Waals surface area contributed by atoms with Crippen LogP contribution in [0.1, 0.15) is 39.3 Å². The third-order valence-electron chi connectivity index (χ3n) is 4.38. The summed E-state index contributed by atoms with van der Waals surface area (Å²) in [6.07, 6.45) is -0.809. The molecule has 0 unspecified atom stereocenters. The van der Waals surface area contributed by atoms with Crippen molar-refractivity contribution in [3.8, 4) is 0 Å². The Morgan fingerprint density at radius 2 is 2.12 bits per heavy atom. The molecule has 2 atom stereocenters. The smallest absolute Gasteiger partial charge is 0.227 e. The number of aliphatic hydroxyl groups is 1. The summed E-state index contributed by atoms with van der Waals surface area (Å²) in [6.45, 7) is 5.90. The molecule has 0 bridgehead atoms. The van der Waals surface area contributed by atoms with Crippen LogP contribution in [0.3, 0.4) is 0 Å². The second-order valence-electron chi connectivity index (χ2n) is 7.36. The van der Waals surface area contributed by atoms with Crippen molar-refractivity contribution in [2.24, 2.45) is 0 Å². The molecule has 0 saturated carbocycles. The first-order chi connectivity index (χ1) is 12.2. The lowest BCUT2D eigenvalue weighted by molar-refractivity contribution is -0.117. The average molecular weight is 365 g/mol. The van der Waals surface area contributed by atoms with Gasteiger partial charge in [0.15, 0.2) is 11.6 Å². The van der Waals surface area contributed by atoms with Gasteiger partial charge in [-0.2, -0.15) is 0 Å². The quantitative estimate of drug-likeness (QED) is 0.814. The van der Waals surface area contributed by atoms with Crippen molar-refractivity contribution < 1.29 is 23.2 Å². The van der Waals surface area contributed by atoms with Crippen LogP contribution < -0.4 is 10.2 Å². The number of anilines is 2. The van der Waals surface area contributed by atoms with Crippen LogP contribution in [0, 0.1) is 11.6 Å². The molecule has 1 aliphatic heterocycles. The Morgan fingerprint density at radius 1 is 1.38 bits per heavy atom. The van der Waals surface area contributed by atoms with Crippen LogP contribution in [0.5, 0.6) is 0 Å². The molecule has 8 heteroatoms. The number of rotatable bonds is 4. The van der Waals surface area contributed by atoms with E-state index in [1.165, 1.54) is 12.1 Å². The Bertz CT molecular complexity index is 816. The predicted octanol–water partition coefficient (Wildman–Crippen LogP) is 3.18. The third kappa shape index (κ3) is 3.41. The fourth-order valence-corrected chi connectivity index (χ4v) is 2.94. The molecule has 1 fully saturated rings. The molecule has 2 aromatic rings. The van der Waals surface area contributed by atoms with Crippen molar-refractivity contribution in [3.63, 3.8) is 0 Å². The number of halogens is 2. The van der Waals surface area contributed by atoms with E-state index >= 15 is 0 Å². The van der Waals surface area contributed by atoms with Gasteiger partial charge in [-0.15, -0.1) is 0 Å². The van der Waals surface area contributed by atoms with Crippen LogP contribution >= 0.6 is 0 Å². The summed E-state index contributed by atoms with van der Waals surface area (Å²) in [5, 5.41) is 17.2. The van der Waals surface area contributed by atoms with E-state index in [9.17, 15) is 18.7 Å². The number of amides is 1. The first-order valence-electron chi connectivity index (χ1n) is 8.36. The maximum Gasteiger partial charge on any atom is 0.227 e. The van der Waals surface area contributed by atoms with Crippen molar-refractivity contribution in [2.45, 2.75) is 51.3 Å². The minimum Gasteiger partial charge on any atom is -0.371 e. The first kappa shape index (κ1) is 18.3. The van der Waals surface area contributed by atoms with Crippen LogP contribution in [0.25, 0.3) is 0 Å². The highest BCUT2D eigenvalue weighted by molar-refractivity contribution is 5.96. The van der Waals surface area contributed by atoms with E-state index in [0.717, 1.165) is 11.0 Å². The number of nitrogens with zero attached hydrogens (tertiary/aromatic N) is 2. The topological polar surface area (TPSA) is 78.6 Å². The van der Waals surface area contributed by atoms with Gasteiger partial charge in [0.05, 0.1) is 17.4 Å². The maximum absolute atomic E-state index is 14.1. The van der Waals surface area contributed by atoms with Gasteiger partial charge in [-0.1, -0.05) is 32.0 Å². The molecular weight excluding hydrogens is 344 g/mol. The summed E-state index contributed by atoms with van der Waals surface area (Å²) in [4.78, 5) is 13.3. The summed E-state index contributed by atoms with van der Waals surface area (Å²) in [6, 6.07) is 4.51. The molecule has 6 nitrogen and oxygen atoms in total. The standard InChI is InChI=1S/C18H21F2N3O3/c1-18(2,3)13-9-14(26-22-13)21-17(25)12-7-8-15(24)23(12)11-6-4-5-10(19)16(11)20/h4-6,9,12,17,21,25H,7-8H2,1-3H3/t12-,17+/m0/s1. The summed E-state index contributed by atoms with van der Waals surface area (Å²) in [7, 11) is 0. The van der Waals surface area contributed by atoms with Crippen molar-refractivity contribution in [2.75, 3.05) is 10.2 Å². The summed E-state index contributed by atoms with van der Waals surface area (Å²) in [5.41, 5.74) is 0.281. The van der Waals surface area contributed by atoms with E-state index in [4.69, 9.17) is 4.52 Å². The molecule has 1 aromatic heterocycles. The Morgan fingerprint density at radius 3 is 2.77 bits per heavy atom. The van der Waals surface area contributed by atoms with Crippen LogP contribution in [0.2, 0.25) is 0 Å². The van der Waals surface area contributed by atoms with E-state index in [-0.39, 0.29) is 29.3 Å². The van der Waals surface area contributed by atoms with E-state index in [1.54, 1.807) is 6.07 Å².